The van der Waals surface area contributed by atoms with Gasteiger partial charge in [0.1, 0.15) is 11.3 Å². The molecular formula is C18H19ClN2O6S. The highest BCUT2D eigenvalue weighted by molar-refractivity contribution is 7.89. The maximum absolute atomic E-state index is 12.3. The Hall–Kier alpha value is -2.62. The van der Waals surface area contributed by atoms with Gasteiger partial charge in [-0.05, 0) is 42.8 Å². The highest BCUT2D eigenvalue weighted by Crippen LogP contribution is 2.23. The van der Waals surface area contributed by atoms with Crippen LogP contribution in [0.2, 0.25) is 5.02 Å². The SMILES string of the molecule is Cc1ccc(NC(=O)COC(=O)c2ccc(Cl)cc2O)cc1S(=O)(=O)N(C)C. The van der Waals surface area contributed by atoms with E-state index in [0.29, 0.717) is 5.56 Å². The average Bonchev–Trinajstić information content (AvgIpc) is 2.61. The highest BCUT2D eigenvalue weighted by Gasteiger charge is 2.21. The van der Waals surface area contributed by atoms with Gasteiger partial charge in [-0.2, -0.15) is 0 Å². The number of esters is 1. The van der Waals surface area contributed by atoms with Gasteiger partial charge in [0, 0.05) is 24.8 Å². The van der Waals surface area contributed by atoms with Crippen molar-refractivity contribution >= 4 is 39.2 Å². The lowest BCUT2D eigenvalue weighted by atomic mass is 10.2. The van der Waals surface area contributed by atoms with Crippen LogP contribution in [0.4, 0.5) is 5.69 Å². The molecule has 2 rings (SSSR count). The van der Waals surface area contributed by atoms with Crippen molar-refractivity contribution < 1.29 is 27.9 Å². The third-order valence-corrected chi connectivity index (χ3v) is 5.94. The zero-order chi connectivity index (χ0) is 21.1. The summed E-state index contributed by atoms with van der Waals surface area (Å²) in [6.45, 7) is 1.02. The van der Waals surface area contributed by atoms with Crippen molar-refractivity contribution in [1.82, 2.24) is 4.31 Å². The number of nitrogens with zero attached hydrogens (tertiary/aromatic N) is 1. The molecule has 0 spiro atoms. The molecule has 2 aromatic rings. The fourth-order valence-corrected chi connectivity index (χ4v) is 3.55. The van der Waals surface area contributed by atoms with Crippen molar-refractivity contribution in [1.29, 1.82) is 0 Å². The van der Waals surface area contributed by atoms with Gasteiger partial charge >= 0.3 is 5.97 Å². The van der Waals surface area contributed by atoms with Crippen molar-refractivity contribution in [3.63, 3.8) is 0 Å². The molecule has 0 aliphatic heterocycles. The first-order chi connectivity index (χ1) is 13.0. The predicted molar refractivity (Wildman–Crippen MR) is 104 cm³/mol. The Bertz CT molecular complexity index is 1020. The zero-order valence-corrected chi connectivity index (χ0v) is 17.0. The van der Waals surface area contributed by atoms with Crippen LogP contribution in [0.1, 0.15) is 15.9 Å². The Labute approximate surface area is 167 Å². The summed E-state index contributed by atoms with van der Waals surface area (Å²) >= 11 is 5.69. The number of hydrogen-bond donors (Lipinski definition) is 2. The lowest BCUT2D eigenvalue weighted by molar-refractivity contribution is -0.119. The molecule has 0 aliphatic rings. The number of benzene rings is 2. The van der Waals surface area contributed by atoms with E-state index in [2.05, 4.69) is 5.32 Å². The lowest BCUT2D eigenvalue weighted by Gasteiger charge is -2.15. The van der Waals surface area contributed by atoms with E-state index in [9.17, 15) is 23.1 Å². The van der Waals surface area contributed by atoms with Crippen molar-refractivity contribution in [3.05, 3.63) is 52.5 Å². The van der Waals surface area contributed by atoms with Crippen LogP contribution in [0.15, 0.2) is 41.3 Å². The van der Waals surface area contributed by atoms with Gasteiger partial charge < -0.3 is 15.2 Å². The second-order valence-electron chi connectivity index (χ2n) is 6.05. The number of phenols is 1. The molecule has 2 aromatic carbocycles. The first-order valence-electron chi connectivity index (χ1n) is 8.01. The van der Waals surface area contributed by atoms with E-state index >= 15 is 0 Å². The summed E-state index contributed by atoms with van der Waals surface area (Å²) in [6, 6.07) is 8.28. The Morgan fingerprint density at radius 1 is 1.18 bits per heavy atom. The number of anilines is 1. The molecule has 8 nitrogen and oxygen atoms in total. The van der Waals surface area contributed by atoms with Gasteiger partial charge in [-0.15, -0.1) is 0 Å². The minimum atomic E-state index is -3.68. The summed E-state index contributed by atoms with van der Waals surface area (Å²) in [5.74, 6) is -1.93. The van der Waals surface area contributed by atoms with Crippen LogP contribution in [0, 0.1) is 6.92 Å². The van der Waals surface area contributed by atoms with E-state index in [1.807, 2.05) is 0 Å². The third kappa shape index (κ3) is 5.00. The van der Waals surface area contributed by atoms with E-state index < -0.39 is 28.5 Å². The van der Waals surface area contributed by atoms with Crippen molar-refractivity contribution in [2.75, 3.05) is 26.0 Å². The lowest BCUT2D eigenvalue weighted by Crippen LogP contribution is -2.24. The van der Waals surface area contributed by atoms with Gasteiger partial charge in [-0.25, -0.2) is 17.5 Å². The highest BCUT2D eigenvalue weighted by atomic mass is 35.5. The first kappa shape index (κ1) is 21.7. The van der Waals surface area contributed by atoms with Gasteiger partial charge in [0.15, 0.2) is 6.61 Å². The molecule has 0 aromatic heterocycles. The maximum atomic E-state index is 12.3. The Morgan fingerprint density at radius 2 is 1.86 bits per heavy atom. The number of ether oxygens (including phenoxy) is 1. The number of carbonyl (C=O) groups excluding carboxylic acids is 2. The van der Waals surface area contributed by atoms with Crippen LogP contribution in [-0.4, -0.2) is 50.4 Å². The largest absolute Gasteiger partial charge is 0.507 e. The fourth-order valence-electron chi connectivity index (χ4n) is 2.24. The molecule has 0 saturated heterocycles. The number of sulfonamides is 1. The molecule has 28 heavy (non-hydrogen) atoms. The molecule has 150 valence electrons. The number of hydrogen-bond acceptors (Lipinski definition) is 6. The number of halogens is 1. The van der Waals surface area contributed by atoms with Crippen LogP contribution in [-0.2, 0) is 19.6 Å². The number of aryl methyl sites for hydroxylation is 1. The van der Waals surface area contributed by atoms with Gasteiger partial charge in [-0.3, -0.25) is 4.79 Å². The molecule has 0 atom stereocenters. The number of rotatable bonds is 6. The topological polar surface area (TPSA) is 113 Å². The summed E-state index contributed by atoms with van der Waals surface area (Å²) in [7, 11) is -0.861. The number of phenolic OH excluding ortho intramolecular Hbond substituents is 1. The normalized spacial score (nSPS) is 11.3. The van der Waals surface area contributed by atoms with Gasteiger partial charge in [0.05, 0.1) is 4.90 Å². The van der Waals surface area contributed by atoms with Crippen LogP contribution < -0.4 is 5.32 Å². The molecule has 0 heterocycles. The smallest absolute Gasteiger partial charge is 0.342 e. The Kier molecular flexibility index (Phi) is 6.65. The van der Waals surface area contributed by atoms with E-state index in [1.54, 1.807) is 13.0 Å². The van der Waals surface area contributed by atoms with E-state index in [-0.39, 0.29) is 26.9 Å². The molecule has 0 saturated carbocycles. The van der Waals surface area contributed by atoms with Crippen LogP contribution >= 0.6 is 11.6 Å². The number of aromatic hydroxyl groups is 1. The van der Waals surface area contributed by atoms with Gasteiger partial charge in [0.25, 0.3) is 5.91 Å². The third-order valence-electron chi connectivity index (χ3n) is 3.74. The van der Waals surface area contributed by atoms with Gasteiger partial charge in [0.2, 0.25) is 10.0 Å². The van der Waals surface area contributed by atoms with Crippen LogP contribution in [0.5, 0.6) is 5.75 Å². The van der Waals surface area contributed by atoms with Crippen LogP contribution in [0.3, 0.4) is 0 Å². The predicted octanol–water partition coefficient (Wildman–Crippen LogP) is 2.40. The fraction of sp³-hybridized carbons (Fsp3) is 0.222. The summed E-state index contributed by atoms with van der Waals surface area (Å²) in [5.41, 5.74) is 0.629. The minimum Gasteiger partial charge on any atom is -0.507 e. The zero-order valence-electron chi connectivity index (χ0n) is 15.4. The molecule has 1 amide bonds. The van der Waals surface area contributed by atoms with E-state index in [4.69, 9.17) is 16.3 Å². The standard InChI is InChI=1S/C18H19ClN2O6S/c1-11-4-6-13(9-16(11)28(25,26)21(2)3)20-17(23)10-27-18(24)14-7-5-12(19)8-15(14)22/h4-9,22H,10H2,1-3H3,(H,20,23). The molecule has 10 heteroatoms. The maximum Gasteiger partial charge on any atom is 0.342 e. The van der Waals surface area contributed by atoms with Crippen LogP contribution in [0.25, 0.3) is 0 Å². The van der Waals surface area contributed by atoms with Crippen molar-refractivity contribution in [3.8, 4) is 5.75 Å². The summed E-state index contributed by atoms with van der Waals surface area (Å²) in [5, 5.41) is 12.4. The van der Waals surface area contributed by atoms with E-state index in [0.717, 1.165) is 4.31 Å². The van der Waals surface area contributed by atoms with Crippen molar-refractivity contribution in [2.24, 2.45) is 0 Å². The molecule has 2 N–H and O–H groups in total. The van der Waals surface area contributed by atoms with E-state index in [1.165, 1.54) is 44.4 Å². The summed E-state index contributed by atoms with van der Waals surface area (Å²) in [4.78, 5) is 24.0. The minimum absolute atomic E-state index is 0.0541. The van der Waals surface area contributed by atoms with Gasteiger partial charge in [-0.1, -0.05) is 17.7 Å². The second-order valence-corrected chi connectivity index (χ2v) is 8.61. The average molecular weight is 427 g/mol. The molecule has 0 radical (unpaired) electrons. The molecule has 0 bridgehead atoms. The summed E-state index contributed by atoms with van der Waals surface area (Å²) in [6.07, 6.45) is 0. The summed E-state index contributed by atoms with van der Waals surface area (Å²) < 4.78 is 30.6. The monoisotopic (exact) mass is 426 g/mol. The van der Waals surface area contributed by atoms with Crippen molar-refractivity contribution in [2.45, 2.75) is 11.8 Å². The number of carbonyl (C=O) groups is 2. The first-order valence-corrected chi connectivity index (χ1v) is 9.83. The molecule has 0 unspecified atom stereocenters. The second kappa shape index (κ2) is 8.59. The number of amides is 1. The quantitative estimate of drug-likeness (QED) is 0.686. The molecule has 0 fully saturated rings. The number of nitrogens with one attached hydrogen (secondary N) is 1. The Morgan fingerprint density at radius 3 is 2.46 bits per heavy atom. The molecular weight excluding hydrogens is 408 g/mol. The molecule has 0 aliphatic carbocycles. The Balaban J connectivity index is 2.06.